The van der Waals surface area contributed by atoms with Crippen LogP contribution >= 0.6 is 23.1 Å². The number of nitrogens with zero attached hydrogens (tertiary/aromatic N) is 1. The van der Waals surface area contributed by atoms with Crippen molar-refractivity contribution < 1.29 is 8.42 Å². The molecule has 1 aromatic heterocycles. The van der Waals surface area contributed by atoms with Crippen molar-refractivity contribution in [3.63, 3.8) is 0 Å². The van der Waals surface area contributed by atoms with Crippen LogP contribution in [-0.4, -0.2) is 18.3 Å². The lowest BCUT2D eigenvalue weighted by Gasteiger charge is -2.20. The van der Waals surface area contributed by atoms with Gasteiger partial charge in [-0.2, -0.15) is 4.37 Å². The van der Waals surface area contributed by atoms with E-state index in [9.17, 15) is 8.42 Å². The number of aromatic nitrogens is 1. The normalized spacial score (nSPS) is 13.1. The predicted octanol–water partition coefficient (Wildman–Crippen LogP) is 3.03. The third-order valence-corrected chi connectivity index (χ3v) is 5.36. The number of rotatable bonds is 2. The van der Waals surface area contributed by atoms with Gasteiger partial charge in [0.2, 0.25) is 10.0 Å². The minimum Gasteiger partial charge on any atom is -0.207 e. The van der Waals surface area contributed by atoms with Crippen molar-refractivity contribution >= 4 is 43.2 Å². The summed E-state index contributed by atoms with van der Waals surface area (Å²) in [7, 11) is -3.57. The van der Waals surface area contributed by atoms with E-state index in [0.717, 1.165) is 11.5 Å². The molecule has 0 aliphatic carbocycles. The monoisotopic (exact) mass is 304 g/mol. The standard InChI is InChI=1S/C11H13ClN2O2S2/c1-11(2,3)14-18(15,16)8-6-4-5-7-9(8)17-13-10(7)12/h4-6,14H,1-3H3. The van der Waals surface area contributed by atoms with E-state index >= 15 is 0 Å². The molecule has 4 nitrogen and oxygen atoms in total. The van der Waals surface area contributed by atoms with Gasteiger partial charge >= 0.3 is 0 Å². The van der Waals surface area contributed by atoms with E-state index < -0.39 is 15.6 Å². The maximum absolute atomic E-state index is 12.3. The largest absolute Gasteiger partial charge is 0.242 e. The van der Waals surface area contributed by atoms with E-state index in [2.05, 4.69) is 9.10 Å². The summed E-state index contributed by atoms with van der Waals surface area (Å²) in [5, 5.41) is 1.00. The molecule has 0 atom stereocenters. The molecule has 2 rings (SSSR count). The van der Waals surface area contributed by atoms with Gasteiger partial charge in [-0.15, -0.1) is 0 Å². The van der Waals surface area contributed by atoms with Crippen LogP contribution < -0.4 is 4.72 Å². The van der Waals surface area contributed by atoms with Crippen LogP contribution in [0.1, 0.15) is 20.8 Å². The van der Waals surface area contributed by atoms with Gasteiger partial charge in [-0.25, -0.2) is 13.1 Å². The fourth-order valence-corrected chi connectivity index (χ4v) is 4.55. The first-order valence-corrected chi connectivity index (χ1v) is 7.92. The van der Waals surface area contributed by atoms with Gasteiger partial charge in [0.15, 0.2) is 5.15 Å². The number of benzene rings is 1. The van der Waals surface area contributed by atoms with Gasteiger partial charge < -0.3 is 0 Å². The Bertz CT molecular complexity index is 687. The summed E-state index contributed by atoms with van der Waals surface area (Å²) in [6.07, 6.45) is 0. The summed E-state index contributed by atoms with van der Waals surface area (Å²) in [5.41, 5.74) is -0.532. The summed E-state index contributed by atoms with van der Waals surface area (Å²) in [6, 6.07) is 4.99. The van der Waals surface area contributed by atoms with Gasteiger partial charge in [-0.05, 0) is 38.4 Å². The van der Waals surface area contributed by atoms with Crippen molar-refractivity contribution in [2.24, 2.45) is 0 Å². The Kier molecular flexibility index (Phi) is 3.40. The van der Waals surface area contributed by atoms with Gasteiger partial charge in [0.1, 0.15) is 4.90 Å². The van der Waals surface area contributed by atoms with Crippen molar-refractivity contribution in [2.45, 2.75) is 31.2 Å². The number of hydrogen-bond donors (Lipinski definition) is 1. The molecular formula is C11H13ClN2O2S2. The molecule has 0 saturated heterocycles. The molecule has 0 bridgehead atoms. The Morgan fingerprint density at radius 3 is 2.61 bits per heavy atom. The second-order valence-electron chi connectivity index (χ2n) is 4.96. The van der Waals surface area contributed by atoms with E-state index in [1.165, 1.54) is 0 Å². The summed E-state index contributed by atoms with van der Waals surface area (Å²) < 4.78 is 31.8. The minimum atomic E-state index is -3.57. The molecule has 7 heteroatoms. The molecule has 1 aromatic carbocycles. The highest BCUT2D eigenvalue weighted by atomic mass is 35.5. The Morgan fingerprint density at radius 1 is 1.33 bits per heavy atom. The molecule has 0 radical (unpaired) electrons. The second-order valence-corrected chi connectivity index (χ2v) is 7.74. The summed E-state index contributed by atoms with van der Waals surface area (Å²) in [4.78, 5) is 0.222. The van der Waals surface area contributed by atoms with E-state index in [1.54, 1.807) is 39.0 Å². The summed E-state index contributed by atoms with van der Waals surface area (Å²) in [5.74, 6) is 0. The maximum Gasteiger partial charge on any atom is 0.242 e. The predicted molar refractivity (Wildman–Crippen MR) is 74.7 cm³/mol. The number of hydrogen-bond acceptors (Lipinski definition) is 4. The maximum atomic E-state index is 12.3. The van der Waals surface area contributed by atoms with Gasteiger partial charge in [0, 0.05) is 10.9 Å². The van der Waals surface area contributed by atoms with Gasteiger partial charge in [-0.1, -0.05) is 23.7 Å². The van der Waals surface area contributed by atoms with Crippen LogP contribution in [0.25, 0.3) is 10.1 Å². The van der Waals surface area contributed by atoms with Crippen LogP contribution in [0.3, 0.4) is 0 Å². The molecular weight excluding hydrogens is 292 g/mol. The summed E-state index contributed by atoms with van der Waals surface area (Å²) >= 11 is 7.00. The molecule has 18 heavy (non-hydrogen) atoms. The fourth-order valence-electron chi connectivity index (χ4n) is 1.58. The van der Waals surface area contributed by atoms with Crippen LogP contribution in [0.15, 0.2) is 23.1 Å². The molecule has 2 aromatic rings. The highest BCUT2D eigenvalue weighted by Gasteiger charge is 2.25. The van der Waals surface area contributed by atoms with Crippen molar-refractivity contribution in [1.29, 1.82) is 0 Å². The zero-order valence-electron chi connectivity index (χ0n) is 10.2. The lowest BCUT2D eigenvalue weighted by atomic mass is 10.1. The van der Waals surface area contributed by atoms with E-state index in [1.807, 2.05) is 0 Å². The molecule has 0 spiro atoms. The first-order chi connectivity index (χ1) is 8.21. The van der Waals surface area contributed by atoms with Crippen LogP contribution in [0.2, 0.25) is 5.15 Å². The van der Waals surface area contributed by atoms with Gasteiger partial charge in [0.25, 0.3) is 0 Å². The van der Waals surface area contributed by atoms with Crippen molar-refractivity contribution in [3.05, 3.63) is 23.4 Å². The van der Waals surface area contributed by atoms with Crippen molar-refractivity contribution in [2.75, 3.05) is 0 Å². The lowest BCUT2D eigenvalue weighted by Crippen LogP contribution is -2.40. The number of nitrogens with one attached hydrogen (secondary N) is 1. The third kappa shape index (κ3) is 2.66. The van der Waals surface area contributed by atoms with E-state index in [0.29, 0.717) is 15.2 Å². The van der Waals surface area contributed by atoms with Crippen LogP contribution in [-0.2, 0) is 10.0 Å². The number of halogens is 1. The van der Waals surface area contributed by atoms with Crippen LogP contribution in [0.5, 0.6) is 0 Å². The molecule has 1 N–H and O–H groups in total. The van der Waals surface area contributed by atoms with Crippen LogP contribution in [0.4, 0.5) is 0 Å². The smallest absolute Gasteiger partial charge is 0.207 e. The van der Waals surface area contributed by atoms with Crippen molar-refractivity contribution in [1.82, 2.24) is 9.10 Å². The number of sulfonamides is 1. The fraction of sp³-hybridized carbons (Fsp3) is 0.364. The molecule has 0 aliphatic heterocycles. The Labute approximate surface area is 115 Å². The van der Waals surface area contributed by atoms with Crippen molar-refractivity contribution in [3.8, 4) is 0 Å². The zero-order chi connectivity index (χ0) is 13.6. The quantitative estimate of drug-likeness (QED) is 0.927. The highest BCUT2D eigenvalue weighted by Crippen LogP contribution is 2.32. The third-order valence-electron chi connectivity index (χ3n) is 2.15. The summed E-state index contributed by atoms with van der Waals surface area (Å²) in [6.45, 7) is 5.39. The molecule has 0 amide bonds. The molecule has 0 saturated carbocycles. The Morgan fingerprint density at radius 2 is 2.00 bits per heavy atom. The molecule has 1 heterocycles. The average Bonchev–Trinajstić information content (AvgIpc) is 2.57. The average molecular weight is 305 g/mol. The molecule has 0 fully saturated rings. The lowest BCUT2D eigenvalue weighted by molar-refractivity contribution is 0.492. The number of fused-ring (bicyclic) bond motifs is 1. The Hall–Kier alpha value is -0.690. The molecule has 0 unspecified atom stereocenters. The molecule has 0 aliphatic rings. The van der Waals surface area contributed by atoms with Crippen LogP contribution in [0, 0.1) is 0 Å². The van der Waals surface area contributed by atoms with Gasteiger partial charge in [0.05, 0.1) is 4.70 Å². The molecule has 98 valence electrons. The first-order valence-electron chi connectivity index (χ1n) is 5.28. The zero-order valence-corrected chi connectivity index (χ0v) is 12.6. The second kappa shape index (κ2) is 4.45. The Balaban J connectivity index is 2.61. The van der Waals surface area contributed by atoms with E-state index in [4.69, 9.17) is 11.6 Å². The first kappa shape index (κ1) is 13.7. The van der Waals surface area contributed by atoms with Gasteiger partial charge in [-0.3, -0.25) is 0 Å². The SMILES string of the molecule is CC(C)(C)NS(=O)(=O)c1cccc2c(Cl)nsc12. The highest BCUT2D eigenvalue weighted by molar-refractivity contribution is 7.90. The van der Waals surface area contributed by atoms with E-state index in [-0.39, 0.29) is 4.90 Å². The topological polar surface area (TPSA) is 59.1 Å². The minimum absolute atomic E-state index is 0.222.